The molecule has 2 N–H and O–H groups in total. The highest BCUT2D eigenvalue weighted by atomic mass is 32.1. The second-order valence-electron chi connectivity index (χ2n) is 4.07. The summed E-state index contributed by atoms with van der Waals surface area (Å²) in [5, 5.41) is 0.808. The number of rotatable bonds is 4. The van der Waals surface area contributed by atoms with Crippen molar-refractivity contribution in [3.05, 3.63) is 45.7 Å². The third-order valence-electron chi connectivity index (χ3n) is 2.48. The molecule has 1 heterocycles. The summed E-state index contributed by atoms with van der Waals surface area (Å²) in [6.07, 6.45) is 0. The lowest BCUT2D eigenvalue weighted by Gasteiger charge is -2.04. The Hall–Kier alpha value is -1.46. The molecule has 0 amide bonds. The van der Waals surface area contributed by atoms with E-state index in [2.05, 4.69) is 4.98 Å². The van der Waals surface area contributed by atoms with Crippen molar-refractivity contribution in [2.24, 2.45) is 5.73 Å². The molecule has 0 radical (unpaired) electrons. The van der Waals surface area contributed by atoms with Crippen LogP contribution in [0.3, 0.4) is 0 Å². The number of benzene rings is 1. The first kappa shape index (κ1) is 13.0. The van der Waals surface area contributed by atoms with E-state index in [1.807, 2.05) is 13.8 Å². The third kappa shape index (κ3) is 2.86. The first-order valence-corrected chi connectivity index (χ1v) is 6.48. The molecule has 18 heavy (non-hydrogen) atoms. The maximum Gasteiger partial charge on any atom is 0.165 e. The van der Waals surface area contributed by atoms with E-state index in [4.69, 9.17) is 10.5 Å². The lowest BCUT2D eigenvalue weighted by molar-refractivity contribution is 0.289. The van der Waals surface area contributed by atoms with Gasteiger partial charge in [-0.25, -0.2) is 9.37 Å². The number of hydrogen-bond acceptors (Lipinski definition) is 4. The molecule has 1 aromatic carbocycles. The summed E-state index contributed by atoms with van der Waals surface area (Å²) in [6, 6.07) is 6.30. The lowest BCUT2D eigenvalue weighted by Crippen LogP contribution is -2.03. The van der Waals surface area contributed by atoms with Crippen LogP contribution in [0.15, 0.2) is 24.3 Å². The first-order valence-electron chi connectivity index (χ1n) is 5.67. The average molecular weight is 266 g/mol. The number of aryl methyl sites for hydroxylation is 1. The van der Waals surface area contributed by atoms with Crippen LogP contribution >= 0.6 is 11.3 Å². The normalized spacial score (nSPS) is 12.4. The number of thiazole rings is 1. The number of aromatic nitrogens is 1. The second kappa shape index (κ2) is 5.46. The largest absolute Gasteiger partial charge is 0.483 e. The maximum atomic E-state index is 13.3. The van der Waals surface area contributed by atoms with Crippen molar-refractivity contribution in [1.29, 1.82) is 0 Å². The molecule has 0 saturated heterocycles. The standard InChI is InChI=1S/C13H15FN2OS/c1-8(15)13-9(2)16-12(18-13)7-17-11-6-4-3-5-10(11)14/h3-6,8H,7,15H2,1-2H3. The number of hydrogen-bond donors (Lipinski definition) is 1. The SMILES string of the molecule is Cc1nc(COc2ccccc2F)sc1C(C)N. The Bertz CT molecular complexity index is 540. The summed E-state index contributed by atoms with van der Waals surface area (Å²) in [5.74, 6) is -0.120. The van der Waals surface area contributed by atoms with Crippen LogP contribution in [0.5, 0.6) is 5.75 Å². The number of halogens is 1. The van der Waals surface area contributed by atoms with Gasteiger partial charge in [0.25, 0.3) is 0 Å². The Morgan fingerprint density at radius 1 is 1.44 bits per heavy atom. The van der Waals surface area contributed by atoms with Crippen molar-refractivity contribution in [2.75, 3.05) is 0 Å². The van der Waals surface area contributed by atoms with Gasteiger partial charge in [-0.2, -0.15) is 0 Å². The van der Waals surface area contributed by atoms with Gasteiger partial charge in [0.15, 0.2) is 11.6 Å². The summed E-state index contributed by atoms with van der Waals surface area (Å²) in [6.45, 7) is 4.10. The Labute approximate surface area is 109 Å². The molecule has 2 aromatic rings. The summed E-state index contributed by atoms with van der Waals surface area (Å²) >= 11 is 1.51. The molecule has 0 aliphatic heterocycles. The molecule has 96 valence electrons. The zero-order valence-corrected chi connectivity index (χ0v) is 11.1. The van der Waals surface area contributed by atoms with E-state index < -0.39 is 0 Å². The van der Waals surface area contributed by atoms with E-state index in [0.717, 1.165) is 15.6 Å². The minimum atomic E-state index is -0.363. The van der Waals surface area contributed by atoms with Gasteiger partial charge in [-0.3, -0.25) is 0 Å². The number of para-hydroxylation sites is 1. The van der Waals surface area contributed by atoms with E-state index in [9.17, 15) is 4.39 Å². The predicted molar refractivity (Wildman–Crippen MR) is 70.2 cm³/mol. The summed E-state index contributed by atoms with van der Waals surface area (Å²) in [4.78, 5) is 5.41. The quantitative estimate of drug-likeness (QED) is 0.924. The van der Waals surface area contributed by atoms with Crippen molar-refractivity contribution in [3.63, 3.8) is 0 Å². The molecule has 0 aliphatic carbocycles. The Morgan fingerprint density at radius 3 is 2.78 bits per heavy atom. The van der Waals surface area contributed by atoms with Gasteiger partial charge in [-0.15, -0.1) is 11.3 Å². The van der Waals surface area contributed by atoms with E-state index in [-0.39, 0.29) is 24.2 Å². The van der Waals surface area contributed by atoms with Gasteiger partial charge in [-0.05, 0) is 26.0 Å². The molecular formula is C13H15FN2OS. The monoisotopic (exact) mass is 266 g/mol. The van der Waals surface area contributed by atoms with Crippen LogP contribution in [-0.4, -0.2) is 4.98 Å². The molecule has 1 atom stereocenters. The Balaban J connectivity index is 2.07. The molecule has 1 unspecified atom stereocenters. The van der Waals surface area contributed by atoms with Crippen LogP contribution in [0.25, 0.3) is 0 Å². The second-order valence-corrected chi connectivity index (χ2v) is 5.18. The minimum absolute atomic E-state index is 0.0373. The first-order chi connectivity index (χ1) is 8.58. The van der Waals surface area contributed by atoms with Gasteiger partial charge in [-0.1, -0.05) is 12.1 Å². The smallest absolute Gasteiger partial charge is 0.165 e. The van der Waals surface area contributed by atoms with E-state index in [1.165, 1.54) is 17.4 Å². The van der Waals surface area contributed by atoms with Crippen molar-refractivity contribution in [2.45, 2.75) is 26.5 Å². The zero-order chi connectivity index (χ0) is 13.1. The average Bonchev–Trinajstić information content (AvgIpc) is 2.70. The van der Waals surface area contributed by atoms with E-state index >= 15 is 0 Å². The lowest BCUT2D eigenvalue weighted by atomic mass is 10.2. The van der Waals surface area contributed by atoms with E-state index in [1.54, 1.807) is 18.2 Å². The highest BCUT2D eigenvalue weighted by molar-refractivity contribution is 7.11. The number of ether oxygens (including phenoxy) is 1. The third-order valence-corrected chi connectivity index (χ3v) is 3.81. The van der Waals surface area contributed by atoms with Crippen LogP contribution in [0.1, 0.15) is 28.5 Å². The van der Waals surface area contributed by atoms with E-state index in [0.29, 0.717) is 0 Å². The van der Waals surface area contributed by atoms with Crippen molar-refractivity contribution in [3.8, 4) is 5.75 Å². The van der Waals surface area contributed by atoms with Crippen LogP contribution in [-0.2, 0) is 6.61 Å². The molecule has 0 bridgehead atoms. The molecule has 2 rings (SSSR count). The van der Waals surface area contributed by atoms with Crippen LogP contribution in [0.4, 0.5) is 4.39 Å². The predicted octanol–water partition coefficient (Wildman–Crippen LogP) is 3.19. The molecular weight excluding hydrogens is 251 g/mol. The summed E-state index contributed by atoms with van der Waals surface area (Å²) in [5.41, 5.74) is 6.75. The minimum Gasteiger partial charge on any atom is -0.483 e. The van der Waals surface area contributed by atoms with Crippen molar-refractivity contribution >= 4 is 11.3 Å². The molecule has 0 spiro atoms. The molecule has 3 nitrogen and oxygen atoms in total. The fourth-order valence-corrected chi connectivity index (χ4v) is 2.58. The molecule has 1 aromatic heterocycles. The van der Waals surface area contributed by atoms with Crippen LogP contribution in [0, 0.1) is 12.7 Å². The Kier molecular flexibility index (Phi) is 3.93. The summed E-state index contributed by atoms with van der Waals surface area (Å²) < 4.78 is 18.7. The van der Waals surface area contributed by atoms with Crippen molar-refractivity contribution in [1.82, 2.24) is 4.98 Å². The highest BCUT2D eigenvalue weighted by Crippen LogP contribution is 2.25. The van der Waals surface area contributed by atoms with Crippen molar-refractivity contribution < 1.29 is 9.13 Å². The number of nitrogens with two attached hydrogens (primary N) is 1. The van der Waals surface area contributed by atoms with Gasteiger partial charge in [0.2, 0.25) is 0 Å². The summed E-state index contributed by atoms with van der Waals surface area (Å²) in [7, 11) is 0. The van der Waals surface area contributed by atoms with Crippen LogP contribution in [0.2, 0.25) is 0 Å². The van der Waals surface area contributed by atoms with Gasteiger partial charge in [0, 0.05) is 10.9 Å². The fourth-order valence-electron chi connectivity index (χ4n) is 1.65. The molecule has 0 fully saturated rings. The topological polar surface area (TPSA) is 48.1 Å². The highest BCUT2D eigenvalue weighted by Gasteiger charge is 2.12. The molecule has 0 saturated carbocycles. The van der Waals surface area contributed by atoms with Crippen LogP contribution < -0.4 is 10.5 Å². The van der Waals surface area contributed by atoms with Gasteiger partial charge >= 0.3 is 0 Å². The molecule has 0 aliphatic rings. The fraction of sp³-hybridized carbons (Fsp3) is 0.308. The van der Waals surface area contributed by atoms with Gasteiger partial charge in [0.1, 0.15) is 11.6 Å². The zero-order valence-electron chi connectivity index (χ0n) is 10.3. The number of nitrogens with zero attached hydrogens (tertiary/aromatic N) is 1. The van der Waals surface area contributed by atoms with Gasteiger partial charge < -0.3 is 10.5 Å². The van der Waals surface area contributed by atoms with Gasteiger partial charge in [0.05, 0.1) is 5.69 Å². The maximum absolute atomic E-state index is 13.3. The molecule has 5 heteroatoms. The Morgan fingerprint density at radius 2 is 2.17 bits per heavy atom.